The maximum atomic E-state index is 15.2. The van der Waals surface area contributed by atoms with E-state index in [1.807, 2.05) is 0 Å². The van der Waals surface area contributed by atoms with Gasteiger partial charge < -0.3 is 38.2 Å². The van der Waals surface area contributed by atoms with Crippen LogP contribution in [0.5, 0.6) is 0 Å². The molecule has 2 saturated heterocycles. The van der Waals surface area contributed by atoms with E-state index in [1.54, 1.807) is 36.4 Å². The van der Waals surface area contributed by atoms with Crippen LogP contribution >= 0.6 is 46.4 Å². The van der Waals surface area contributed by atoms with Gasteiger partial charge in [0.2, 0.25) is 11.8 Å². The number of aliphatic hydroxyl groups is 1. The van der Waals surface area contributed by atoms with Gasteiger partial charge in [-0.05, 0) is 114 Å². The average molecular weight is 1370 g/mol. The molecule has 14 rings (SSSR count). The number of aliphatic hydroxyl groups excluding tert-OH is 1. The Morgan fingerprint density at radius 3 is 1.41 bits per heavy atom. The van der Waals surface area contributed by atoms with Crippen molar-refractivity contribution in [2.24, 2.45) is 11.8 Å². The van der Waals surface area contributed by atoms with E-state index in [4.69, 9.17) is 69.7 Å². The number of benzene rings is 2. The highest BCUT2D eigenvalue weighted by atomic mass is 35.5. The van der Waals surface area contributed by atoms with E-state index in [2.05, 4.69) is 20.3 Å². The number of carbonyl (C=O) groups is 4. The number of sulfone groups is 2. The standard InChI is InChI=1S/C32H32Cl2FN3O7S.C31H30Cl2FN3O7S/c1-43-25-6-3-7-27(25)46(41,42)15-24(39)30-23(35)11-18(13-36-30)38-17-10-19(32(38)40)26(12-17)44-14-20-29(37-45-31(20)16-8-9-16)28-21(33)4-2-5-22(28)34;32-20-3-1-4-21(33)27(20)28-19(30(44-36-28)15-7-8-15)13-43-25-11-16-9-18(25)31(40)37(16)17-10-22(34)29(35-12-17)24(39)14-45(41,42)26-6-2-5-23(26)38/h2,4-5,11,13,16-17,19,25-27H,3,6-10,12,14-15H2,1H3;1,3-4,10,12,15-16,18,23,25-26,38H,2,5-9,11,13-14H2/t17-,19+,25+,26+,27+;16-,18+,23+,25+,26+/m00/s1. The molecule has 482 valence electrons. The van der Waals surface area contributed by atoms with Crippen molar-refractivity contribution in [2.45, 2.75) is 162 Å². The van der Waals surface area contributed by atoms with E-state index >= 15 is 8.78 Å². The van der Waals surface area contributed by atoms with E-state index in [0.29, 0.717) is 100 Å². The lowest BCUT2D eigenvalue weighted by molar-refractivity contribution is -0.127. The monoisotopic (exact) mass is 1370 g/mol. The van der Waals surface area contributed by atoms with Crippen LogP contribution in [0.15, 0.2) is 70.0 Å². The number of piperidine rings is 2. The fourth-order valence-electron chi connectivity index (χ4n) is 14.3. The van der Waals surface area contributed by atoms with Crippen LogP contribution < -0.4 is 9.80 Å². The molecule has 0 spiro atoms. The maximum Gasteiger partial charge on any atom is 0.233 e. The molecule has 1 N–H and O–H groups in total. The molecule has 8 aliphatic rings. The molecule has 4 bridgehead atoms. The van der Waals surface area contributed by atoms with Gasteiger partial charge in [0.1, 0.15) is 45.8 Å². The smallest absolute Gasteiger partial charge is 0.233 e. The Morgan fingerprint density at radius 2 is 1.02 bits per heavy atom. The molecule has 4 aromatic heterocycles. The number of methoxy groups -OCH3 is 1. The Balaban J connectivity index is 0.000000167. The third-order valence-corrected chi connectivity index (χ3v) is 24.6. The summed E-state index contributed by atoms with van der Waals surface area (Å²) in [4.78, 5) is 63.4. The number of fused-ring (bicyclic) bond motifs is 4. The Labute approximate surface area is 542 Å². The van der Waals surface area contributed by atoms with Crippen LogP contribution in [0.2, 0.25) is 20.1 Å². The van der Waals surface area contributed by atoms with E-state index in [-0.39, 0.29) is 79.0 Å². The molecular weight excluding hydrogens is 1310 g/mol. The number of halogens is 6. The molecule has 6 heterocycles. The summed E-state index contributed by atoms with van der Waals surface area (Å²) in [5.41, 5.74) is 2.95. The number of amides is 2. The fourth-order valence-corrected chi connectivity index (χ4v) is 19.2. The second-order valence-electron chi connectivity index (χ2n) is 24.9. The van der Waals surface area contributed by atoms with Gasteiger partial charge in [-0.1, -0.05) is 68.8 Å². The molecule has 2 aliphatic heterocycles. The zero-order valence-corrected chi connectivity index (χ0v) is 53.6. The molecule has 2 amide bonds. The fraction of sp³-hybridized carbons (Fsp3) is 0.492. The zero-order chi connectivity index (χ0) is 63.9. The van der Waals surface area contributed by atoms with Crippen molar-refractivity contribution >= 4 is 101 Å². The topological polar surface area (TPSA) is 269 Å². The number of hydrogen-bond acceptors (Lipinski definition) is 18. The highest BCUT2D eigenvalue weighted by Gasteiger charge is 2.54. The predicted molar refractivity (Wildman–Crippen MR) is 330 cm³/mol. The first-order valence-electron chi connectivity index (χ1n) is 30.4. The lowest BCUT2D eigenvalue weighted by atomic mass is 10.0. The van der Waals surface area contributed by atoms with Crippen LogP contribution in [-0.4, -0.2) is 131 Å². The van der Waals surface area contributed by atoms with Gasteiger partial charge in [0.15, 0.2) is 42.9 Å². The largest absolute Gasteiger partial charge is 0.392 e. The number of ether oxygens (including phenoxy) is 3. The Hall–Kier alpha value is -5.80. The number of hydrogen-bond donors (Lipinski definition) is 1. The summed E-state index contributed by atoms with van der Waals surface area (Å²) in [5, 5.41) is 18.5. The maximum absolute atomic E-state index is 15.2. The third kappa shape index (κ3) is 12.4. The molecule has 0 unspecified atom stereocenters. The zero-order valence-electron chi connectivity index (χ0n) is 49.0. The molecule has 91 heavy (non-hydrogen) atoms. The number of anilines is 2. The van der Waals surface area contributed by atoms with Crippen molar-refractivity contribution < 1.29 is 73.2 Å². The van der Waals surface area contributed by atoms with E-state index in [1.165, 1.54) is 29.3 Å². The van der Waals surface area contributed by atoms with Crippen molar-refractivity contribution in [3.63, 3.8) is 0 Å². The molecule has 0 radical (unpaired) electrons. The summed E-state index contributed by atoms with van der Waals surface area (Å²) in [6.45, 7) is 0.316. The summed E-state index contributed by atoms with van der Waals surface area (Å²) >= 11 is 25.9. The van der Waals surface area contributed by atoms with Gasteiger partial charge in [-0.2, -0.15) is 0 Å². The van der Waals surface area contributed by atoms with Gasteiger partial charge >= 0.3 is 0 Å². The summed E-state index contributed by atoms with van der Waals surface area (Å²) in [6.07, 6.45) is 8.99. The summed E-state index contributed by atoms with van der Waals surface area (Å²) < 4.78 is 111. The SMILES string of the molecule is CO[C@@H]1CCC[C@H]1S(=O)(=O)CC(=O)c1ncc(N2C(=O)[C@@H]3C[C@H]2C[C@H]3OCc2c(-c3c(Cl)cccc3Cl)noc2C2CC2)cc1F.O=C(CS(=O)(=O)[C@@H]1CCC[C@H]1O)c1ncc(N2C(=O)[C@@H]3C[C@H]2C[C@H]3OCc2c(-c3c(Cl)cccc3Cl)noc2C2CC2)cc1F. The minimum Gasteiger partial charge on any atom is -0.392 e. The summed E-state index contributed by atoms with van der Waals surface area (Å²) in [5.74, 6) is -5.08. The van der Waals surface area contributed by atoms with Crippen molar-refractivity contribution in [1.82, 2.24) is 20.3 Å². The van der Waals surface area contributed by atoms with Crippen LogP contribution in [0.25, 0.3) is 22.5 Å². The average Bonchev–Trinajstić information content (AvgIpc) is 1.63. The highest BCUT2D eigenvalue weighted by Crippen LogP contribution is 2.50. The first-order chi connectivity index (χ1) is 43.6. The Morgan fingerprint density at radius 1 is 0.604 bits per heavy atom. The van der Waals surface area contributed by atoms with Crippen LogP contribution in [-0.2, 0) is 56.7 Å². The third-order valence-electron chi connectivity index (χ3n) is 19.1. The van der Waals surface area contributed by atoms with Crippen molar-refractivity contribution in [1.29, 1.82) is 0 Å². The number of aromatic nitrogens is 4. The van der Waals surface area contributed by atoms with Crippen LogP contribution in [0, 0.1) is 23.5 Å². The molecule has 6 saturated carbocycles. The number of Topliss-reactive ketones (excluding diaryl/α,β-unsaturated/α-hetero) is 2. The predicted octanol–water partition coefficient (Wildman–Crippen LogP) is 11.2. The summed E-state index contributed by atoms with van der Waals surface area (Å²) in [6, 6.07) is 12.0. The second kappa shape index (κ2) is 25.5. The molecule has 28 heteroatoms. The van der Waals surface area contributed by atoms with Gasteiger partial charge in [0, 0.05) is 65.4 Å². The molecule has 2 aromatic carbocycles. The number of pyridine rings is 2. The van der Waals surface area contributed by atoms with Gasteiger partial charge in [0.05, 0.1) is 104 Å². The van der Waals surface area contributed by atoms with Gasteiger partial charge in [-0.15, -0.1) is 0 Å². The molecule has 6 aliphatic carbocycles. The minimum atomic E-state index is -3.98. The first kappa shape index (κ1) is 63.9. The number of carbonyl (C=O) groups excluding carboxylic acids is 4. The van der Waals surface area contributed by atoms with Crippen molar-refractivity contribution in [3.05, 3.63) is 127 Å². The number of ketones is 2. The van der Waals surface area contributed by atoms with E-state index < -0.39 is 100 Å². The minimum absolute atomic E-state index is 0.154. The van der Waals surface area contributed by atoms with Gasteiger partial charge in [-0.3, -0.25) is 19.2 Å². The Bertz CT molecular complexity index is 4090. The van der Waals surface area contributed by atoms with E-state index in [0.717, 1.165) is 60.5 Å². The molecule has 8 fully saturated rings. The number of nitrogens with zero attached hydrogens (tertiary/aromatic N) is 6. The summed E-state index contributed by atoms with van der Waals surface area (Å²) in [7, 11) is -6.40. The molecule has 20 nitrogen and oxygen atoms in total. The molecule has 10 atom stereocenters. The molecular formula is C63H62Cl4F2N6O14S2. The van der Waals surface area contributed by atoms with Crippen LogP contribution in [0.1, 0.15) is 145 Å². The normalized spacial score (nSPS) is 26.1. The molecule has 6 aromatic rings. The lowest BCUT2D eigenvalue weighted by Gasteiger charge is -2.31. The van der Waals surface area contributed by atoms with Crippen molar-refractivity contribution in [3.8, 4) is 22.5 Å². The van der Waals surface area contributed by atoms with E-state index in [9.17, 15) is 41.1 Å². The highest BCUT2D eigenvalue weighted by molar-refractivity contribution is 7.93. The quantitative estimate of drug-likeness (QED) is 0.0656. The van der Waals surface area contributed by atoms with Gasteiger partial charge in [0.25, 0.3) is 0 Å². The van der Waals surface area contributed by atoms with Crippen LogP contribution in [0.3, 0.4) is 0 Å². The number of rotatable bonds is 21. The first-order valence-corrected chi connectivity index (χ1v) is 35.3. The lowest BCUT2D eigenvalue weighted by Crippen LogP contribution is -2.43. The van der Waals surface area contributed by atoms with Gasteiger partial charge in [-0.25, -0.2) is 35.6 Å². The Kier molecular flexibility index (Phi) is 17.9. The van der Waals surface area contributed by atoms with Crippen LogP contribution in [0.4, 0.5) is 20.2 Å². The second-order valence-corrected chi connectivity index (χ2v) is 30.9. The van der Waals surface area contributed by atoms with Crippen molar-refractivity contribution in [2.75, 3.05) is 28.4 Å².